The van der Waals surface area contributed by atoms with Gasteiger partial charge in [-0.1, -0.05) is 12.1 Å². The third-order valence-electron chi connectivity index (χ3n) is 6.61. The van der Waals surface area contributed by atoms with Crippen molar-refractivity contribution in [1.82, 2.24) is 9.97 Å². The molecule has 4 N–H and O–H groups in total. The van der Waals surface area contributed by atoms with E-state index in [1.165, 1.54) is 37.6 Å². The zero-order chi connectivity index (χ0) is 30.0. The largest absolute Gasteiger partial charge is 0.494 e. The van der Waals surface area contributed by atoms with Crippen molar-refractivity contribution in [2.24, 2.45) is 5.73 Å². The number of allylic oxidation sites excluding steroid dienone is 1. The highest BCUT2D eigenvalue weighted by Gasteiger charge is 2.25. The van der Waals surface area contributed by atoms with E-state index in [2.05, 4.69) is 14.7 Å². The van der Waals surface area contributed by atoms with Gasteiger partial charge in [0.15, 0.2) is 11.6 Å². The number of nitrogens with one attached hydrogen (secondary N) is 2. The highest BCUT2D eigenvalue weighted by molar-refractivity contribution is 7.92. The average molecular weight is 599 g/mol. The fourth-order valence-electron chi connectivity index (χ4n) is 4.56. The first kappa shape index (κ1) is 28.8. The summed E-state index contributed by atoms with van der Waals surface area (Å²) in [5.41, 5.74) is 6.25. The van der Waals surface area contributed by atoms with Crippen LogP contribution in [-0.2, 0) is 14.8 Å². The molecule has 0 bridgehead atoms. The van der Waals surface area contributed by atoms with Gasteiger partial charge in [0.05, 0.1) is 31.6 Å². The standard InChI is InChI=1S/C28H25F3N6O4S/c1-40-23-12-16(11-20-26(23)34-27(17(14-32)15-33)35-28(20)37-7-9-41-10-8-37)19-3-2-4-22(25(19)31)36-42(38,39)24-6-5-18(29)13-21(24)30/h2-6,11-15,32,36H,7-10,33H2,1H3/b17-15+,32-14?. The van der Waals surface area contributed by atoms with Gasteiger partial charge in [-0.2, -0.15) is 0 Å². The molecule has 4 aromatic rings. The fraction of sp³-hybridized carbons (Fsp3) is 0.179. The third-order valence-corrected chi connectivity index (χ3v) is 8.01. The number of hydrogen-bond donors (Lipinski definition) is 3. The fourth-order valence-corrected chi connectivity index (χ4v) is 5.68. The Balaban J connectivity index is 1.65. The predicted octanol–water partition coefficient (Wildman–Crippen LogP) is 4.31. The summed E-state index contributed by atoms with van der Waals surface area (Å²) in [5, 5.41) is 8.21. The van der Waals surface area contributed by atoms with E-state index in [9.17, 15) is 17.2 Å². The molecule has 42 heavy (non-hydrogen) atoms. The summed E-state index contributed by atoms with van der Waals surface area (Å²) >= 11 is 0. The monoisotopic (exact) mass is 598 g/mol. The van der Waals surface area contributed by atoms with Crippen LogP contribution in [0.15, 0.2) is 59.6 Å². The summed E-state index contributed by atoms with van der Waals surface area (Å²) in [5.74, 6) is -2.25. The molecule has 1 aromatic heterocycles. The van der Waals surface area contributed by atoms with Crippen LogP contribution in [0.5, 0.6) is 5.75 Å². The average Bonchev–Trinajstić information content (AvgIpc) is 2.98. The number of sulfonamides is 1. The van der Waals surface area contributed by atoms with E-state index >= 15 is 4.39 Å². The lowest BCUT2D eigenvalue weighted by molar-refractivity contribution is 0.122. The Morgan fingerprint density at radius 1 is 1.12 bits per heavy atom. The first-order valence-corrected chi connectivity index (χ1v) is 14.1. The molecule has 2 heterocycles. The Morgan fingerprint density at radius 3 is 2.55 bits per heavy atom. The van der Waals surface area contributed by atoms with Crippen LogP contribution in [0, 0.1) is 22.9 Å². The first-order chi connectivity index (χ1) is 20.2. The van der Waals surface area contributed by atoms with Crippen molar-refractivity contribution < 1.29 is 31.1 Å². The van der Waals surface area contributed by atoms with Gasteiger partial charge in [-0.05, 0) is 35.9 Å². The molecule has 10 nitrogen and oxygen atoms in total. The van der Waals surface area contributed by atoms with E-state index < -0.39 is 38.1 Å². The van der Waals surface area contributed by atoms with Gasteiger partial charge in [0.25, 0.3) is 10.0 Å². The van der Waals surface area contributed by atoms with Gasteiger partial charge in [-0.15, -0.1) is 0 Å². The van der Waals surface area contributed by atoms with Crippen LogP contribution in [0.2, 0.25) is 0 Å². The number of halogens is 3. The van der Waals surface area contributed by atoms with Gasteiger partial charge in [-0.25, -0.2) is 31.6 Å². The molecule has 0 saturated carbocycles. The number of fused-ring (bicyclic) bond motifs is 1. The number of benzene rings is 3. The number of morpholine rings is 1. The number of ether oxygens (including phenoxy) is 2. The Labute approximate surface area is 239 Å². The number of methoxy groups -OCH3 is 1. The SMILES string of the molecule is COc1cc(-c2cccc(NS(=O)(=O)c3ccc(F)cc3F)c2F)cc2c(N3CCOCC3)nc(/C(C=N)=C/N)nc12. The molecule has 1 fully saturated rings. The Kier molecular flexibility index (Phi) is 8.00. The van der Waals surface area contributed by atoms with E-state index in [1.54, 1.807) is 6.07 Å². The number of anilines is 2. The maximum absolute atomic E-state index is 15.9. The molecule has 0 amide bonds. The quantitative estimate of drug-likeness (QED) is 0.255. The molecule has 5 rings (SSSR count). The Bertz CT molecular complexity index is 1830. The molecule has 0 spiro atoms. The van der Waals surface area contributed by atoms with Crippen LogP contribution in [-0.4, -0.2) is 58.0 Å². The Hall–Kier alpha value is -4.69. The summed E-state index contributed by atoms with van der Waals surface area (Å²) in [6.07, 6.45) is 2.25. The molecule has 1 aliphatic rings. The normalized spacial score (nSPS) is 14.2. The van der Waals surface area contributed by atoms with Crippen molar-refractivity contribution in [3.8, 4) is 16.9 Å². The van der Waals surface area contributed by atoms with Gasteiger partial charge in [-0.3, -0.25) is 4.72 Å². The van der Waals surface area contributed by atoms with Gasteiger partial charge >= 0.3 is 0 Å². The second kappa shape index (κ2) is 11.7. The minimum Gasteiger partial charge on any atom is -0.494 e. The van der Waals surface area contributed by atoms with Crippen LogP contribution in [0.1, 0.15) is 5.82 Å². The zero-order valence-electron chi connectivity index (χ0n) is 22.2. The number of nitrogens with two attached hydrogens (primary N) is 1. The van der Waals surface area contributed by atoms with Crippen molar-refractivity contribution in [2.75, 3.05) is 43.0 Å². The van der Waals surface area contributed by atoms with Crippen LogP contribution in [0.3, 0.4) is 0 Å². The Morgan fingerprint density at radius 2 is 1.88 bits per heavy atom. The maximum atomic E-state index is 15.9. The molecular weight excluding hydrogens is 573 g/mol. The molecule has 0 radical (unpaired) electrons. The summed E-state index contributed by atoms with van der Waals surface area (Å²) in [6, 6.07) is 9.22. The van der Waals surface area contributed by atoms with E-state index in [0.717, 1.165) is 18.3 Å². The second-order valence-electron chi connectivity index (χ2n) is 9.16. The topological polar surface area (TPSA) is 144 Å². The minimum atomic E-state index is -4.60. The summed E-state index contributed by atoms with van der Waals surface area (Å²) in [6.45, 7) is 1.92. The highest BCUT2D eigenvalue weighted by Crippen LogP contribution is 2.38. The molecule has 14 heteroatoms. The molecular formula is C28H25F3N6O4S. The van der Waals surface area contributed by atoms with Crippen molar-refractivity contribution in [1.29, 1.82) is 5.41 Å². The van der Waals surface area contributed by atoms with E-state index in [4.69, 9.17) is 20.6 Å². The summed E-state index contributed by atoms with van der Waals surface area (Å²) in [7, 11) is -3.18. The lowest BCUT2D eigenvalue weighted by Gasteiger charge is -2.29. The van der Waals surface area contributed by atoms with E-state index in [0.29, 0.717) is 54.7 Å². The minimum absolute atomic E-state index is 0.00835. The number of aromatic nitrogens is 2. The smallest absolute Gasteiger partial charge is 0.264 e. The lowest BCUT2D eigenvalue weighted by Crippen LogP contribution is -2.37. The van der Waals surface area contributed by atoms with E-state index in [-0.39, 0.29) is 22.7 Å². The molecule has 0 atom stereocenters. The van der Waals surface area contributed by atoms with Crippen molar-refractivity contribution >= 4 is 44.2 Å². The van der Waals surface area contributed by atoms with Gasteiger partial charge in [0.2, 0.25) is 0 Å². The highest BCUT2D eigenvalue weighted by atomic mass is 32.2. The van der Waals surface area contributed by atoms with Crippen LogP contribution in [0.25, 0.3) is 27.6 Å². The van der Waals surface area contributed by atoms with Gasteiger partial charge in [0, 0.05) is 42.5 Å². The molecule has 1 aliphatic heterocycles. The van der Waals surface area contributed by atoms with Crippen LogP contribution in [0.4, 0.5) is 24.7 Å². The lowest BCUT2D eigenvalue weighted by atomic mass is 10.0. The van der Waals surface area contributed by atoms with E-state index in [1.807, 2.05) is 4.90 Å². The molecule has 3 aromatic carbocycles. The number of nitrogens with zero attached hydrogens (tertiary/aromatic N) is 3. The van der Waals surface area contributed by atoms with Crippen molar-refractivity contribution in [2.45, 2.75) is 4.90 Å². The molecule has 0 unspecified atom stereocenters. The third kappa shape index (κ3) is 5.45. The van der Waals surface area contributed by atoms with Crippen LogP contribution >= 0.6 is 0 Å². The van der Waals surface area contributed by atoms with Gasteiger partial charge < -0.3 is 25.5 Å². The zero-order valence-corrected chi connectivity index (χ0v) is 23.0. The van der Waals surface area contributed by atoms with Gasteiger partial charge in [0.1, 0.15) is 33.6 Å². The summed E-state index contributed by atoms with van der Waals surface area (Å²) < 4.78 is 82.3. The maximum Gasteiger partial charge on any atom is 0.264 e. The predicted molar refractivity (Wildman–Crippen MR) is 153 cm³/mol. The first-order valence-electron chi connectivity index (χ1n) is 12.6. The number of hydrogen-bond acceptors (Lipinski definition) is 9. The van der Waals surface area contributed by atoms with Crippen molar-refractivity contribution in [3.63, 3.8) is 0 Å². The molecule has 218 valence electrons. The number of rotatable bonds is 8. The van der Waals surface area contributed by atoms with Crippen molar-refractivity contribution in [3.05, 3.63) is 78.0 Å². The van der Waals surface area contributed by atoms with Crippen LogP contribution < -0.4 is 20.1 Å². The summed E-state index contributed by atoms with van der Waals surface area (Å²) in [4.78, 5) is 10.4. The molecule has 1 saturated heterocycles. The second-order valence-corrected chi connectivity index (χ2v) is 10.8. The molecule has 0 aliphatic carbocycles.